The van der Waals surface area contributed by atoms with Gasteiger partial charge in [-0.1, -0.05) is 54.6 Å². The quantitative estimate of drug-likeness (QED) is 0.376. The zero-order valence-corrected chi connectivity index (χ0v) is 27.1. The minimum Gasteiger partial charge on any atom is -0.497 e. The highest BCUT2D eigenvalue weighted by Gasteiger charge is 2.54. The Morgan fingerprint density at radius 2 is 1.63 bits per heavy atom. The number of methoxy groups -OCH3 is 1. The number of anilines is 1. The topological polar surface area (TPSA) is 94.2 Å². The highest BCUT2D eigenvalue weighted by Crippen LogP contribution is 2.40. The standard InChI is InChI=1S/C37H45N5O4/c1-26(2)41-25-42(31-11-5-4-6-12-31)37(36(41)45)17-19-40(20-18-37)35(44)33(21-27-13-15-32(46-3)16-14-27)39-34(43)23-30-22-28-9-7-8-10-29(28)24-38-30/h4-16,26,30,33,38H,17-25H2,1-3H3,(H,39,43)/t30-,33-/m1/s1. The Morgan fingerprint density at radius 3 is 2.30 bits per heavy atom. The summed E-state index contributed by atoms with van der Waals surface area (Å²) in [4.78, 5) is 47.6. The highest BCUT2D eigenvalue weighted by atomic mass is 16.5. The van der Waals surface area contributed by atoms with E-state index in [4.69, 9.17) is 4.74 Å². The molecule has 6 rings (SSSR count). The number of carbonyl (C=O) groups excluding carboxylic acids is 3. The average Bonchev–Trinajstić information content (AvgIpc) is 3.36. The normalized spacial score (nSPS) is 19.7. The third kappa shape index (κ3) is 6.47. The molecule has 3 aliphatic rings. The van der Waals surface area contributed by atoms with Gasteiger partial charge in [-0.2, -0.15) is 0 Å². The summed E-state index contributed by atoms with van der Waals surface area (Å²) in [6, 6.07) is 25.4. The van der Waals surface area contributed by atoms with Gasteiger partial charge < -0.3 is 30.1 Å². The van der Waals surface area contributed by atoms with Gasteiger partial charge in [0.25, 0.3) is 0 Å². The molecule has 0 unspecified atom stereocenters. The van der Waals surface area contributed by atoms with E-state index >= 15 is 0 Å². The van der Waals surface area contributed by atoms with E-state index in [0.717, 1.165) is 30.0 Å². The van der Waals surface area contributed by atoms with Crippen molar-refractivity contribution in [2.45, 2.75) is 76.2 Å². The Kier molecular flexibility index (Phi) is 9.31. The molecule has 2 N–H and O–H groups in total. The van der Waals surface area contributed by atoms with Crippen LogP contribution < -0.4 is 20.3 Å². The Labute approximate surface area is 271 Å². The summed E-state index contributed by atoms with van der Waals surface area (Å²) in [7, 11) is 1.62. The first kappa shape index (κ1) is 31.6. The fourth-order valence-electron chi connectivity index (χ4n) is 7.21. The van der Waals surface area contributed by atoms with Gasteiger partial charge >= 0.3 is 0 Å². The van der Waals surface area contributed by atoms with Crippen molar-refractivity contribution in [2.75, 3.05) is 31.8 Å². The third-order valence-electron chi connectivity index (χ3n) is 9.89. The van der Waals surface area contributed by atoms with Crippen LogP contribution in [0.15, 0.2) is 78.9 Å². The molecular weight excluding hydrogens is 578 g/mol. The summed E-state index contributed by atoms with van der Waals surface area (Å²) in [5.41, 5.74) is 3.78. The van der Waals surface area contributed by atoms with E-state index in [1.165, 1.54) is 11.1 Å². The van der Waals surface area contributed by atoms with E-state index in [1.807, 2.05) is 78.2 Å². The fraction of sp³-hybridized carbons (Fsp3) is 0.432. The van der Waals surface area contributed by atoms with Gasteiger partial charge in [-0.05, 0) is 74.1 Å². The Morgan fingerprint density at radius 1 is 0.957 bits per heavy atom. The lowest BCUT2D eigenvalue weighted by atomic mass is 9.85. The predicted octanol–water partition coefficient (Wildman–Crippen LogP) is 3.90. The van der Waals surface area contributed by atoms with Crippen molar-refractivity contribution < 1.29 is 19.1 Å². The molecule has 2 saturated heterocycles. The van der Waals surface area contributed by atoms with Gasteiger partial charge in [-0.25, -0.2) is 0 Å². The van der Waals surface area contributed by atoms with Crippen LogP contribution in [-0.2, 0) is 33.8 Å². The van der Waals surface area contributed by atoms with Crippen molar-refractivity contribution in [1.29, 1.82) is 0 Å². The van der Waals surface area contributed by atoms with Crippen LogP contribution in [0.4, 0.5) is 5.69 Å². The van der Waals surface area contributed by atoms with Gasteiger partial charge in [-0.15, -0.1) is 0 Å². The molecule has 2 atom stereocenters. The maximum Gasteiger partial charge on any atom is 0.250 e. The summed E-state index contributed by atoms with van der Waals surface area (Å²) < 4.78 is 5.32. The summed E-state index contributed by atoms with van der Waals surface area (Å²) in [6.07, 6.45) is 2.49. The zero-order valence-electron chi connectivity index (χ0n) is 27.1. The Balaban J connectivity index is 1.17. The monoisotopic (exact) mass is 623 g/mol. The minimum atomic E-state index is -0.720. The van der Waals surface area contributed by atoms with Gasteiger partial charge in [0.15, 0.2) is 0 Å². The number of benzene rings is 3. The number of fused-ring (bicyclic) bond motifs is 1. The second-order valence-corrected chi connectivity index (χ2v) is 13.1. The first-order valence-electron chi connectivity index (χ1n) is 16.4. The summed E-state index contributed by atoms with van der Waals surface area (Å²) in [5.74, 6) is 0.604. The van der Waals surface area contributed by atoms with Crippen LogP contribution in [0.1, 0.15) is 49.8 Å². The molecule has 242 valence electrons. The predicted molar refractivity (Wildman–Crippen MR) is 178 cm³/mol. The fourth-order valence-corrected chi connectivity index (χ4v) is 7.21. The molecule has 3 aliphatic heterocycles. The SMILES string of the molecule is COc1ccc(C[C@@H](NC(=O)C[C@H]2Cc3ccccc3CN2)C(=O)N2CCC3(CC2)C(=O)N(C(C)C)CN3c2ccccc2)cc1. The molecule has 0 aliphatic carbocycles. The van der Waals surface area contributed by atoms with Gasteiger partial charge in [0.05, 0.1) is 13.8 Å². The maximum absolute atomic E-state index is 14.2. The summed E-state index contributed by atoms with van der Waals surface area (Å²) in [5, 5.41) is 6.59. The van der Waals surface area contributed by atoms with E-state index in [2.05, 4.69) is 39.8 Å². The molecule has 3 aromatic carbocycles. The molecule has 2 fully saturated rings. The van der Waals surface area contributed by atoms with Crippen LogP contribution in [0.25, 0.3) is 0 Å². The Bertz CT molecular complexity index is 1530. The van der Waals surface area contributed by atoms with Crippen LogP contribution in [-0.4, -0.2) is 78.1 Å². The van der Waals surface area contributed by atoms with Gasteiger partial charge in [-0.3, -0.25) is 14.4 Å². The van der Waals surface area contributed by atoms with E-state index < -0.39 is 11.6 Å². The number of piperidine rings is 1. The van der Waals surface area contributed by atoms with Crippen molar-refractivity contribution in [2.24, 2.45) is 0 Å². The zero-order chi connectivity index (χ0) is 32.3. The summed E-state index contributed by atoms with van der Waals surface area (Å²) >= 11 is 0. The third-order valence-corrected chi connectivity index (χ3v) is 9.89. The van der Waals surface area contributed by atoms with Crippen LogP contribution in [0, 0.1) is 0 Å². The highest BCUT2D eigenvalue weighted by molar-refractivity contribution is 5.94. The second-order valence-electron chi connectivity index (χ2n) is 13.1. The molecule has 9 nitrogen and oxygen atoms in total. The molecule has 3 heterocycles. The minimum absolute atomic E-state index is 0.00253. The smallest absolute Gasteiger partial charge is 0.250 e. The van der Waals surface area contributed by atoms with E-state index in [9.17, 15) is 14.4 Å². The molecule has 0 bridgehead atoms. The number of amides is 3. The lowest BCUT2D eigenvalue weighted by Gasteiger charge is -2.44. The molecular formula is C37H45N5O4. The molecule has 9 heteroatoms. The van der Waals surface area contributed by atoms with Crippen molar-refractivity contribution >= 4 is 23.4 Å². The molecule has 0 saturated carbocycles. The number of nitrogens with one attached hydrogen (secondary N) is 2. The van der Waals surface area contributed by atoms with Crippen LogP contribution in [0.2, 0.25) is 0 Å². The number of ether oxygens (including phenoxy) is 1. The van der Waals surface area contributed by atoms with Crippen LogP contribution >= 0.6 is 0 Å². The van der Waals surface area contributed by atoms with Crippen LogP contribution in [0.3, 0.4) is 0 Å². The number of likely N-dealkylation sites (tertiary alicyclic amines) is 1. The first-order chi connectivity index (χ1) is 22.3. The maximum atomic E-state index is 14.2. The molecule has 0 aromatic heterocycles. The van der Waals surface area contributed by atoms with E-state index in [1.54, 1.807) is 7.11 Å². The van der Waals surface area contributed by atoms with Crippen molar-refractivity contribution in [3.8, 4) is 5.75 Å². The van der Waals surface area contributed by atoms with Crippen molar-refractivity contribution in [3.63, 3.8) is 0 Å². The lowest BCUT2D eigenvalue weighted by Crippen LogP contribution is -2.60. The average molecular weight is 624 g/mol. The number of hydrogen-bond acceptors (Lipinski definition) is 6. The number of hydrogen-bond donors (Lipinski definition) is 2. The largest absolute Gasteiger partial charge is 0.497 e. The van der Waals surface area contributed by atoms with Crippen molar-refractivity contribution in [1.82, 2.24) is 20.4 Å². The summed E-state index contributed by atoms with van der Waals surface area (Å²) in [6.45, 7) is 6.24. The van der Waals surface area contributed by atoms with Crippen LogP contribution in [0.5, 0.6) is 5.75 Å². The molecule has 3 aromatic rings. The lowest BCUT2D eigenvalue weighted by molar-refractivity contribution is -0.141. The van der Waals surface area contributed by atoms with Gasteiger partial charge in [0.2, 0.25) is 17.7 Å². The van der Waals surface area contributed by atoms with E-state index in [0.29, 0.717) is 39.0 Å². The Hall–Kier alpha value is -4.37. The number of carbonyl (C=O) groups is 3. The molecule has 46 heavy (non-hydrogen) atoms. The second kappa shape index (κ2) is 13.5. The number of rotatable bonds is 9. The van der Waals surface area contributed by atoms with Gasteiger partial charge in [0.1, 0.15) is 17.3 Å². The van der Waals surface area contributed by atoms with E-state index in [-0.39, 0.29) is 36.2 Å². The molecule has 3 amide bonds. The number of para-hydroxylation sites is 1. The van der Waals surface area contributed by atoms with Gasteiger partial charge in [0, 0.05) is 50.2 Å². The number of nitrogens with zero attached hydrogens (tertiary/aromatic N) is 3. The van der Waals surface area contributed by atoms with Crippen molar-refractivity contribution in [3.05, 3.63) is 95.6 Å². The molecule has 1 spiro atoms. The first-order valence-corrected chi connectivity index (χ1v) is 16.4. The molecule has 0 radical (unpaired) electrons.